The number of aldehydes is 1. The Hall–Kier alpha value is -2.36. The van der Waals surface area contributed by atoms with Gasteiger partial charge in [0.2, 0.25) is 0 Å². The van der Waals surface area contributed by atoms with Gasteiger partial charge in [-0.2, -0.15) is 0 Å². The van der Waals surface area contributed by atoms with E-state index in [-0.39, 0.29) is 0 Å². The number of nitrogens with zero attached hydrogens (tertiary/aromatic N) is 2. The van der Waals surface area contributed by atoms with Crippen LogP contribution in [0, 0.1) is 0 Å². The first-order chi connectivity index (χ1) is 7.86. The van der Waals surface area contributed by atoms with Crippen molar-refractivity contribution in [2.75, 3.05) is 0 Å². The molecule has 0 saturated carbocycles. The molecular weight excluding hydrogens is 202 g/mol. The van der Waals surface area contributed by atoms with Crippen LogP contribution in [0.1, 0.15) is 10.4 Å². The van der Waals surface area contributed by atoms with Crippen LogP contribution in [0.15, 0.2) is 42.7 Å². The SMILES string of the molecule is O=Cc1ccc(-c2cn3[nH]ccc3n2)cc1. The smallest absolute Gasteiger partial charge is 0.153 e. The summed E-state index contributed by atoms with van der Waals surface area (Å²) in [7, 11) is 0. The molecule has 0 amide bonds. The minimum absolute atomic E-state index is 0.675. The van der Waals surface area contributed by atoms with Gasteiger partial charge in [0.1, 0.15) is 6.29 Å². The van der Waals surface area contributed by atoms with Gasteiger partial charge in [-0.05, 0) is 0 Å². The zero-order chi connectivity index (χ0) is 11.0. The monoisotopic (exact) mass is 211 g/mol. The first-order valence-corrected chi connectivity index (χ1v) is 4.95. The van der Waals surface area contributed by atoms with Gasteiger partial charge in [0.05, 0.1) is 11.9 Å². The quantitative estimate of drug-likeness (QED) is 0.660. The topological polar surface area (TPSA) is 50.2 Å². The van der Waals surface area contributed by atoms with Crippen molar-refractivity contribution in [2.24, 2.45) is 0 Å². The van der Waals surface area contributed by atoms with Crippen molar-refractivity contribution in [3.63, 3.8) is 0 Å². The maximum atomic E-state index is 10.5. The standard InChI is InChI=1S/C12H9N3O/c16-8-9-1-3-10(4-2-9)11-7-15-12(14-11)5-6-13-15/h1-8,13H. The summed E-state index contributed by atoms with van der Waals surface area (Å²) in [5.74, 6) is 0. The van der Waals surface area contributed by atoms with E-state index in [0.29, 0.717) is 5.56 Å². The van der Waals surface area contributed by atoms with Crippen LogP contribution < -0.4 is 0 Å². The molecule has 0 aliphatic carbocycles. The normalized spacial score (nSPS) is 10.8. The lowest BCUT2D eigenvalue weighted by molar-refractivity contribution is 0.112. The summed E-state index contributed by atoms with van der Waals surface area (Å²) in [6, 6.07) is 9.27. The number of H-pyrrole nitrogens is 1. The van der Waals surface area contributed by atoms with Crippen molar-refractivity contribution >= 4 is 11.9 Å². The van der Waals surface area contributed by atoms with Gasteiger partial charge in [-0.15, -0.1) is 0 Å². The number of imidazole rings is 1. The van der Waals surface area contributed by atoms with Crippen molar-refractivity contribution < 1.29 is 4.79 Å². The van der Waals surface area contributed by atoms with Crippen LogP contribution in [0.25, 0.3) is 16.9 Å². The lowest BCUT2D eigenvalue weighted by atomic mass is 10.1. The van der Waals surface area contributed by atoms with E-state index in [9.17, 15) is 4.79 Å². The fourth-order valence-corrected chi connectivity index (χ4v) is 1.68. The number of nitrogens with one attached hydrogen (secondary N) is 1. The molecule has 1 N–H and O–H groups in total. The van der Waals surface area contributed by atoms with Crippen LogP contribution in [0.2, 0.25) is 0 Å². The molecule has 0 atom stereocenters. The molecule has 3 aromatic rings. The third-order valence-corrected chi connectivity index (χ3v) is 2.52. The number of hydrogen-bond acceptors (Lipinski definition) is 2. The molecule has 0 spiro atoms. The largest absolute Gasteiger partial charge is 0.300 e. The Morgan fingerprint density at radius 2 is 2.00 bits per heavy atom. The number of carbonyl (C=O) groups excluding carboxylic acids is 1. The average Bonchev–Trinajstić information content (AvgIpc) is 2.89. The van der Waals surface area contributed by atoms with E-state index in [4.69, 9.17) is 0 Å². The van der Waals surface area contributed by atoms with Crippen molar-refractivity contribution in [3.8, 4) is 11.3 Å². The molecule has 1 aromatic carbocycles. The zero-order valence-corrected chi connectivity index (χ0v) is 8.42. The fraction of sp³-hybridized carbons (Fsp3) is 0. The molecule has 4 heteroatoms. The molecule has 0 saturated heterocycles. The number of carbonyl (C=O) groups is 1. The predicted molar refractivity (Wildman–Crippen MR) is 60.4 cm³/mol. The van der Waals surface area contributed by atoms with E-state index in [1.165, 1.54) is 0 Å². The van der Waals surface area contributed by atoms with E-state index in [1.807, 2.05) is 35.1 Å². The number of fused-ring (bicyclic) bond motifs is 1. The van der Waals surface area contributed by atoms with Crippen LogP contribution in [0.3, 0.4) is 0 Å². The lowest BCUT2D eigenvalue weighted by Crippen LogP contribution is -1.81. The fourth-order valence-electron chi connectivity index (χ4n) is 1.68. The van der Waals surface area contributed by atoms with Gasteiger partial charge in [-0.3, -0.25) is 4.79 Å². The van der Waals surface area contributed by atoms with Crippen molar-refractivity contribution in [3.05, 3.63) is 48.3 Å². The zero-order valence-electron chi connectivity index (χ0n) is 8.42. The molecule has 3 rings (SSSR count). The Labute approximate surface area is 91.5 Å². The van der Waals surface area contributed by atoms with Crippen LogP contribution >= 0.6 is 0 Å². The second-order valence-electron chi connectivity index (χ2n) is 3.56. The lowest BCUT2D eigenvalue weighted by Gasteiger charge is -1.95. The van der Waals surface area contributed by atoms with Gasteiger partial charge < -0.3 is 5.10 Å². The molecule has 0 unspecified atom stereocenters. The molecule has 4 nitrogen and oxygen atoms in total. The summed E-state index contributed by atoms with van der Waals surface area (Å²) in [4.78, 5) is 15.0. The molecule has 16 heavy (non-hydrogen) atoms. The predicted octanol–water partition coefficient (Wildman–Crippen LogP) is 2.14. The van der Waals surface area contributed by atoms with Crippen molar-refractivity contribution in [1.82, 2.24) is 14.6 Å². The maximum absolute atomic E-state index is 10.5. The van der Waals surface area contributed by atoms with Crippen molar-refractivity contribution in [1.29, 1.82) is 0 Å². The number of rotatable bonds is 2. The highest BCUT2D eigenvalue weighted by Crippen LogP contribution is 2.18. The Balaban J connectivity index is 2.08. The van der Waals surface area contributed by atoms with Crippen LogP contribution in [0.4, 0.5) is 0 Å². The molecular formula is C12H9N3O. The van der Waals surface area contributed by atoms with Gasteiger partial charge in [-0.1, -0.05) is 24.3 Å². The van der Waals surface area contributed by atoms with Gasteiger partial charge in [0, 0.05) is 23.4 Å². The molecule has 78 valence electrons. The van der Waals surface area contributed by atoms with E-state index in [2.05, 4.69) is 10.1 Å². The van der Waals surface area contributed by atoms with E-state index >= 15 is 0 Å². The highest BCUT2D eigenvalue weighted by atomic mass is 16.1. The molecule has 0 fully saturated rings. The summed E-state index contributed by atoms with van der Waals surface area (Å²) in [5, 5.41) is 3.03. The average molecular weight is 211 g/mol. The first-order valence-electron chi connectivity index (χ1n) is 4.95. The summed E-state index contributed by atoms with van der Waals surface area (Å²) < 4.78 is 1.85. The Morgan fingerprint density at radius 1 is 1.19 bits per heavy atom. The summed E-state index contributed by atoms with van der Waals surface area (Å²) >= 11 is 0. The Bertz CT molecular complexity index is 605. The van der Waals surface area contributed by atoms with E-state index < -0.39 is 0 Å². The number of aromatic amines is 1. The van der Waals surface area contributed by atoms with Gasteiger partial charge >= 0.3 is 0 Å². The summed E-state index contributed by atoms with van der Waals surface area (Å²) in [6.07, 6.45) is 4.59. The van der Waals surface area contributed by atoms with Crippen molar-refractivity contribution in [2.45, 2.75) is 0 Å². The Kier molecular flexibility index (Phi) is 1.86. The summed E-state index contributed by atoms with van der Waals surface area (Å²) in [6.45, 7) is 0. The van der Waals surface area contributed by atoms with Gasteiger partial charge in [-0.25, -0.2) is 9.50 Å². The summed E-state index contributed by atoms with van der Waals surface area (Å²) in [5.41, 5.74) is 3.45. The second kappa shape index (κ2) is 3.34. The highest BCUT2D eigenvalue weighted by molar-refractivity contribution is 5.76. The number of benzene rings is 1. The second-order valence-corrected chi connectivity index (χ2v) is 3.56. The molecule has 0 bridgehead atoms. The van der Waals surface area contributed by atoms with Gasteiger partial charge in [0.25, 0.3) is 0 Å². The highest BCUT2D eigenvalue weighted by Gasteiger charge is 2.04. The van der Waals surface area contributed by atoms with E-state index in [1.54, 1.807) is 12.1 Å². The maximum Gasteiger partial charge on any atom is 0.153 e. The molecule has 0 aliphatic heterocycles. The Morgan fingerprint density at radius 3 is 2.69 bits per heavy atom. The van der Waals surface area contributed by atoms with Crippen LogP contribution in [-0.4, -0.2) is 20.9 Å². The minimum atomic E-state index is 0.675. The number of hydrogen-bond donors (Lipinski definition) is 1. The molecule has 2 heterocycles. The van der Waals surface area contributed by atoms with Crippen LogP contribution in [0.5, 0.6) is 0 Å². The molecule has 0 radical (unpaired) electrons. The third kappa shape index (κ3) is 1.32. The first kappa shape index (κ1) is 8.91. The number of aromatic nitrogens is 3. The molecule has 2 aromatic heterocycles. The van der Waals surface area contributed by atoms with E-state index in [0.717, 1.165) is 23.2 Å². The third-order valence-electron chi connectivity index (χ3n) is 2.52. The van der Waals surface area contributed by atoms with Crippen LogP contribution in [-0.2, 0) is 0 Å². The van der Waals surface area contributed by atoms with Gasteiger partial charge in [0.15, 0.2) is 5.65 Å². The molecule has 0 aliphatic rings. The minimum Gasteiger partial charge on any atom is -0.300 e.